The van der Waals surface area contributed by atoms with Gasteiger partial charge in [0.15, 0.2) is 34.9 Å². The summed E-state index contributed by atoms with van der Waals surface area (Å²) in [5.74, 6) is 8.20. The number of nitrogen functional groups attached to an aromatic ring is 6. The Labute approximate surface area is 916 Å². The largest absolute Gasteiger partial charge is 0.391 e. The molecule has 0 spiro atoms. The Morgan fingerprint density at radius 3 is 0.905 bits per heavy atom. The van der Waals surface area contributed by atoms with Crippen LogP contribution in [0, 0.1) is 28.6 Å². The average Bonchev–Trinajstić information content (AvgIpc) is 1.58. The minimum atomic E-state index is -0.531. The molecular formula is C104H120Cl12N30O. The van der Waals surface area contributed by atoms with E-state index in [4.69, 9.17) is 208 Å². The number of hydrogen-bond acceptors (Lipinski definition) is 31. The van der Waals surface area contributed by atoms with E-state index in [0.717, 1.165) is 159 Å². The van der Waals surface area contributed by atoms with Crippen molar-refractivity contribution in [3.63, 3.8) is 0 Å². The quantitative estimate of drug-likeness (QED) is 0.0357. The molecule has 0 radical (unpaired) electrons. The average molecular weight is 2230 g/mol. The number of anilines is 12. The van der Waals surface area contributed by atoms with Crippen molar-refractivity contribution in [1.82, 2.24) is 59.8 Å². The second-order valence-corrected chi connectivity index (χ2v) is 43.2. The molecule has 31 nitrogen and oxygen atoms in total. The van der Waals surface area contributed by atoms with Gasteiger partial charge in [-0.1, -0.05) is 263 Å². The van der Waals surface area contributed by atoms with Gasteiger partial charge in [0, 0.05) is 147 Å². The number of rotatable bonds is 19. The molecule has 1 saturated carbocycles. The fourth-order valence-corrected chi connectivity index (χ4v) is 21.6. The lowest BCUT2D eigenvalue weighted by Crippen LogP contribution is -2.53. The first-order valence-corrected chi connectivity index (χ1v) is 53.0. The Morgan fingerprint density at radius 2 is 0.626 bits per heavy atom. The molecule has 5 atom stereocenters. The molecule has 43 heteroatoms. The van der Waals surface area contributed by atoms with Crippen LogP contribution in [0.25, 0.3) is 67.5 Å². The van der Waals surface area contributed by atoms with Crippen molar-refractivity contribution in [1.29, 1.82) is 0 Å². The number of β-amino-alcohol motifs (C(OH)–C–C–N with tert-alkyl or cyclic N) is 1. The molecule has 12 heterocycles. The second-order valence-electron chi connectivity index (χ2n) is 38.5. The third-order valence-corrected chi connectivity index (χ3v) is 33.8. The zero-order chi connectivity index (χ0) is 105. The van der Waals surface area contributed by atoms with Gasteiger partial charge in [0.05, 0.1) is 104 Å². The van der Waals surface area contributed by atoms with Gasteiger partial charge in [-0.25, -0.2) is 59.8 Å². The van der Waals surface area contributed by atoms with E-state index in [0.29, 0.717) is 213 Å². The Bertz CT molecular complexity index is 6670. The summed E-state index contributed by atoms with van der Waals surface area (Å²) in [6.07, 6.45) is 19.9. The number of hydrogen-bond donors (Lipinski definition) is 13. The van der Waals surface area contributed by atoms with Gasteiger partial charge in [-0.2, -0.15) is 0 Å². The van der Waals surface area contributed by atoms with Crippen LogP contribution in [0.1, 0.15) is 90.5 Å². The number of nitrogens with two attached hydrogens (primary N) is 12. The highest BCUT2D eigenvalue weighted by atomic mass is 35.5. The molecule has 7 aromatic carbocycles. The third kappa shape index (κ3) is 25.7. The van der Waals surface area contributed by atoms with Gasteiger partial charge in [0.25, 0.3) is 0 Å². The van der Waals surface area contributed by atoms with Crippen LogP contribution in [0.5, 0.6) is 0 Å². The fraction of sp³-hybridized carbons (Fsp3) is 0.365. The first-order valence-electron chi connectivity index (χ1n) is 48.4. The van der Waals surface area contributed by atoms with Crippen molar-refractivity contribution in [2.45, 2.75) is 108 Å². The van der Waals surface area contributed by atoms with E-state index in [-0.39, 0.29) is 27.6 Å². The molecule has 147 heavy (non-hydrogen) atoms. The molecule has 7 fully saturated rings. The standard InChI is InChI=1S/C22H23Cl2N5.C19H25Cl2N5.C17H21Cl2N5O.C16H19Cl2N5.C15H15Cl2N5.C15H17Cl2N5/c23-17-8-4-7-16(19(17)24)20-21(26)28-18(13-27-20)29-11-9-22(14-25,10-12-29)15-5-2-1-3-6-15;1-2-6-19(12-22)7-9-26(10-8-19)15-11-24-17(18(23)25-15)13-4-3-5-14(20)16(13)21;1-17(9-20)5-6-24(8-12(17)25)13-7-22-15(16(21)23-13)10-3-2-4-11(18)14(10)19;1-16(20)5-7-23(8-6-16)12-9-21-14(15(19)22-12)10-3-2-4-11(17)13(10)18;16-10-3-1-2-7(12(10)17)14-15(19)21-11(4-20-14)22-5-8-9(6-22)13(8)18;16-11-3-1-2-10(13(11)17)14-15(19)21-12(7-20-14)22-5-4-9(6-18)8-22/h1-8,13H,9-12,14,25H2,(H2,26,28);3-5,11H,2,6-10,12,22H2,1H3,(H2,23,25);2-4,7,12,25H,5-6,8-9,20H2,1H3,(H2,21,23);2-4,9H,5-8,20H2,1H3,(H2,19,22);1-4,8-9,13H,5-6,18H2,(H2,19,21);1-3,7,9H,4-6,8,18H2,(H2,19,21)/t;;12-,17-;;;9-/m..1..1/s1. The van der Waals surface area contributed by atoms with Crippen LogP contribution in [0.3, 0.4) is 0 Å². The Morgan fingerprint density at radius 1 is 0.333 bits per heavy atom. The molecular weight excluding hydrogens is 2110 g/mol. The minimum Gasteiger partial charge on any atom is -0.391 e. The monoisotopic (exact) mass is 2220 g/mol. The highest BCUT2D eigenvalue weighted by Crippen LogP contribution is 2.49. The van der Waals surface area contributed by atoms with Crippen molar-refractivity contribution in [3.05, 3.63) is 243 Å². The van der Waals surface area contributed by atoms with Crippen molar-refractivity contribution in [2.24, 2.45) is 63.0 Å². The van der Waals surface area contributed by atoms with E-state index < -0.39 is 6.10 Å². The van der Waals surface area contributed by atoms with Crippen LogP contribution in [-0.2, 0) is 5.41 Å². The molecule has 776 valence electrons. The highest BCUT2D eigenvalue weighted by Gasteiger charge is 2.54. The van der Waals surface area contributed by atoms with E-state index in [2.05, 4.69) is 122 Å². The number of nitrogens with zero attached hydrogens (tertiary/aromatic N) is 18. The summed E-state index contributed by atoms with van der Waals surface area (Å²) in [4.78, 5) is 66.8. The maximum Gasteiger partial charge on any atom is 0.152 e. The molecule has 25 N–H and O–H groups in total. The maximum absolute atomic E-state index is 10.4. The lowest BCUT2D eigenvalue weighted by atomic mass is 9.73. The molecule has 6 saturated heterocycles. The number of halogens is 12. The van der Waals surface area contributed by atoms with Gasteiger partial charge >= 0.3 is 0 Å². The van der Waals surface area contributed by atoms with Crippen LogP contribution in [0.15, 0.2) is 177 Å². The van der Waals surface area contributed by atoms with Gasteiger partial charge in [-0.05, 0) is 143 Å². The molecule has 2 unspecified atom stereocenters. The normalized spacial score (nSPS) is 19.5. The van der Waals surface area contributed by atoms with Crippen molar-refractivity contribution in [2.75, 3.05) is 169 Å². The predicted molar refractivity (Wildman–Crippen MR) is 608 cm³/mol. The number of fused-ring (bicyclic) bond motifs is 1. The van der Waals surface area contributed by atoms with Gasteiger partial charge in [-0.15, -0.1) is 0 Å². The maximum atomic E-state index is 10.4. The molecule has 6 aromatic heterocycles. The summed E-state index contributed by atoms with van der Waals surface area (Å²) in [5.41, 5.74) is 81.2. The number of piperidine rings is 5. The van der Waals surface area contributed by atoms with Crippen LogP contribution in [0.4, 0.5) is 69.8 Å². The number of aliphatic hydroxyl groups excluding tert-OH is 1. The van der Waals surface area contributed by atoms with Gasteiger partial charge in [0.1, 0.15) is 69.1 Å². The zero-order valence-corrected chi connectivity index (χ0v) is 90.5. The highest BCUT2D eigenvalue weighted by molar-refractivity contribution is 6.47. The molecule has 0 amide bonds. The van der Waals surface area contributed by atoms with Crippen LogP contribution in [-0.4, -0.2) is 187 Å². The fourth-order valence-electron chi connectivity index (χ4n) is 19.3. The number of benzene rings is 7. The summed E-state index contributed by atoms with van der Waals surface area (Å²) < 4.78 is 0. The predicted octanol–water partition coefficient (Wildman–Crippen LogP) is 20.1. The second kappa shape index (κ2) is 48.8. The lowest BCUT2D eigenvalue weighted by molar-refractivity contribution is 0.0278. The summed E-state index contributed by atoms with van der Waals surface area (Å²) in [5, 5.41) is 15.7. The molecule has 7 aliphatic rings. The SMILES string of the molecule is CC1(N)CCN(c2cnc(-c3cccc(Cl)c3Cl)c(N)n2)CC1.CCCC1(CN)CCN(c2cnc(-c3cccc(Cl)c3Cl)c(N)n2)CC1.C[C@]1(CN)CCN(c2cnc(-c3cccc(Cl)c3Cl)c(N)n2)C[C@H]1O.NCC1(c2ccccc2)CCN(c2cnc(-c3cccc(Cl)c3Cl)c(N)n2)CC1.NC[C@H]1CCN(c2cnc(-c3cccc(Cl)c3Cl)c(N)n2)C1.Nc1nc(N2CC3C(N)C3C2)cnc1-c1cccc(Cl)c1Cl. The number of aliphatic hydroxyl groups is 1. The van der Waals surface area contributed by atoms with Crippen molar-refractivity contribution in [3.8, 4) is 67.5 Å². The molecule has 13 aromatic rings. The molecule has 6 aliphatic heterocycles. The van der Waals surface area contributed by atoms with E-state index in [1.807, 2.05) is 78.6 Å². The van der Waals surface area contributed by atoms with Crippen LogP contribution in [0.2, 0.25) is 60.3 Å². The van der Waals surface area contributed by atoms with E-state index >= 15 is 0 Å². The summed E-state index contributed by atoms with van der Waals surface area (Å²) in [7, 11) is 0. The molecule has 0 bridgehead atoms. The van der Waals surface area contributed by atoms with Crippen molar-refractivity contribution < 1.29 is 5.11 Å². The van der Waals surface area contributed by atoms with Gasteiger partial charge in [0.2, 0.25) is 0 Å². The molecule has 1 aliphatic carbocycles. The molecule has 20 rings (SSSR count). The zero-order valence-electron chi connectivity index (χ0n) is 81.5. The first-order chi connectivity index (χ1) is 70.4. The third-order valence-electron chi connectivity index (χ3n) is 28.8. The minimum absolute atomic E-state index is 0.00495. The van der Waals surface area contributed by atoms with Crippen LogP contribution < -0.4 is 98.2 Å². The Hall–Kier alpha value is -10.2. The summed E-state index contributed by atoms with van der Waals surface area (Å²) >= 11 is 74.0. The van der Waals surface area contributed by atoms with Gasteiger partial charge in [-0.3, -0.25) is 0 Å². The summed E-state index contributed by atoms with van der Waals surface area (Å²) in [6, 6.07) is 43.1. The van der Waals surface area contributed by atoms with E-state index in [1.165, 1.54) is 18.4 Å². The lowest BCUT2D eigenvalue weighted by Gasteiger charge is -2.43. The smallest absolute Gasteiger partial charge is 0.152 e. The van der Waals surface area contributed by atoms with Crippen LogP contribution >= 0.6 is 139 Å². The first kappa shape index (κ1) is 111. The Kier molecular flexibility index (Phi) is 36.9. The van der Waals surface area contributed by atoms with E-state index in [9.17, 15) is 5.11 Å². The number of aromatic nitrogens is 12. The summed E-state index contributed by atoms with van der Waals surface area (Å²) in [6.45, 7) is 18.9. The Balaban J connectivity index is 0.000000133. The van der Waals surface area contributed by atoms with Crippen molar-refractivity contribution >= 4 is 209 Å². The van der Waals surface area contributed by atoms with E-state index in [1.54, 1.807) is 85.7 Å². The van der Waals surface area contributed by atoms with Gasteiger partial charge < -0.3 is 103 Å². The topological polar surface area (TPSA) is 507 Å².